The van der Waals surface area contributed by atoms with Gasteiger partial charge in [0.2, 0.25) is 0 Å². The second-order valence-electron chi connectivity index (χ2n) is 5.62. The molecular formula is C16H16N4OS. The largest absolute Gasteiger partial charge is 0.297 e. The van der Waals surface area contributed by atoms with Crippen LogP contribution in [0.4, 0.5) is 0 Å². The molecule has 0 fully saturated rings. The molecule has 0 aliphatic heterocycles. The van der Waals surface area contributed by atoms with Gasteiger partial charge in [-0.05, 0) is 37.7 Å². The van der Waals surface area contributed by atoms with Crippen LogP contribution in [0.1, 0.15) is 36.1 Å². The van der Waals surface area contributed by atoms with Crippen molar-refractivity contribution in [2.75, 3.05) is 0 Å². The Morgan fingerprint density at radius 2 is 2.18 bits per heavy atom. The summed E-state index contributed by atoms with van der Waals surface area (Å²) in [5, 5.41) is 18.6. The van der Waals surface area contributed by atoms with Crippen LogP contribution in [0, 0.1) is 28.6 Å². The zero-order chi connectivity index (χ0) is 15.5. The fourth-order valence-corrected chi connectivity index (χ4v) is 4.20. The maximum Gasteiger partial charge on any atom is 0.262 e. The number of aromatic nitrogens is 2. The summed E-state index contributed by atoms with van der Waals surface area (Å²) in [7, 11) is 0. The van der Waals surface area contributed by atoms with Crippen LogP contribution in [0.15, 0.2) is 11.1 Å². The molecule has 1 atom stereocenters. The number of hydrogen-bond donors (Lipinski definition) is 0. The van der Waals surface area contributed by atoms with Gasteiger partial charge in [0.25, 0.3) is 5.56 Å². The Bertz CT molecular complexity index is 837. The van der Waals surface area contributed by atoms with Gasteiger partial charge >= 0.3 is 0 Å². The predicted molar refractivity (Wildman–Crippen MR) is 84.5 cm³/mol. The van der Waals surface area contributed by atoms with E-state index >= 15 is 0 Å². The lowest BCUT2D eigenvalue weighted by Gasteiger charge is -2.11. The third-order valence-corrected chi connectivity index (χ3v) is 5.35. The molecule has 0 aromatic carbocycles. The van der Waals surface area contributed by atoms with E-state index in [1.807, 2.05) is 6.07 Å². The molecule has 1 aliphatic carbocycles. The molecule has 3 rings (SSSR count). The molecule has 0 saturated heterocycles. The summed E-state index contributed by atoms with van der Waals surface area (Å²) in [6, 6.07) is 4.23. The second-order valence-corrected chi connectivity index (χ2v) is 6.70. The molecule has 0 N–H and O–H groups in total. The first-order valence-corrected chi connectivity index (χ1v) is 8.32. The standard InChI is InChI=1S/C16H16N4OS/c17-7-3-4-11(8-18)9-20-10-19-15-14(16(20)21)12-5-1-2-6-13(12)22-15/h10-11H,1-6,9H2/t11-/m0/s1. The Morgan fingerprint density at radius 1 is 1.36 bits per heavy atom. The van der Waals surface area contributed by atoms with Crippen LogP contribution < -0.4 is 5.56 Å². The number of aryl methyl sites for hydroxylation is 2. The van der Waals surface area contributed by atoms with Gasteiger partial charge in [0.1, 0.15) is 4.83 Å². The lowest BCUT2D eigenvalue weighted by Crippen LogP contribution is -2.24. The molecule has 0 saturated carbocycles. The summed E-state index contributed by atoms with van der Waals surface area (Å²) in [6.07, 6.45) is 6.65. The molecule has 0 spiro atoms. The van der Waals surface area contributed by atoms with Crippen LogP contribution in [-0.2, 0) is 19.4 Å². The highest BCUT2D eigenvalue weighted by atomic mass is 32.1. The molecule has 6 heteroatoms. The fourth-order valence-electron chi connectivity index (χ4n) is 2.98. The van der Waals surface area contributed by atoms with E-state index in [0.29, 0.717) is 19.4 Å². The van der Waals surface area contributed by atoms with E-state index in [1.165, 1.54) is 21.4 Å². The van der Waals surface area contributed by atoms with Gasteiger partial charge in [-0.25, -0.2) is 4.98 Å². The number of rotatable bonds is 4. The lowest BCUT2D eigenvalue weighted by molar-refractivity contribution is 0.498. The van der Waals surface area contributed by atoms with Crippen molar-refractivity contribution < 1.29 is 0 Å². The van der Waals surface area contributed by atoms with E-state index in [1.54, 1.807) is 17.7 Å². The van der Waals surface area contributed by atoms with Gasteiger partial charge in [0, 0.05) is 17.8 Å². The van der Waals surface area contributed by atoms with Gasteiger partial charge in [-0.3, -0.25) is 9.36 Å². The summed E-state index contributed by atoms with van der Waals surface area (Å²) >= 11 is 1.63. The van der Waals surface area contributed by atoms with E-state index < -0.39 is 0 Å². The Labute approximate surface area is 132 Å². The maximum absolute atomic E-state index is 12.7. The zero-order valence-corrected chi connectivity index (χ0v) is 13.0. The molecule has 0 radical (unpaired) electrons. The molecule has 2 heterocycles. The quantitative estimate of drug-likeness (QED) is 0.869. The van der Waals surface area contributed by atoms with Crippen LogP contribution in [0.2, 0.25) is 0 Å². The Kier molecular flexibility index (Phi) is 4.22. The highest BCUT2D eigenvalue weighted by molar-refractivity contribution is 7.18. The SMILES string of the molecule is N#CCC[C@@H](C#N)Cn1cnc2sc3c(c2c1=O)CCCC3. The van der Waals surface area contributed by atoms with E-state index in [2.05, 4.69) is 11.1 Å². The van der Waals surface area contributed by atoms with E-state index in [-0.39, 0.29) is 11.5 Å². The minimum Gasteiger partial charge on any atom is -0.297 e. The molecule has 22 heavy (non-hydrogen) atoms. The third kappa shape index (κ3) is 2.63. The predicted octanol–water partition coefficient (Wildman–Crippen LogP) is 2.78. The van der Waals surface area contributed by atoms with E-state index in [0.717, 1.165) is 29.5 Å². The van der Waals surface area contributed by atoms with Crippen LogP contribution in [0.3, 0.4) is 0 Å². The molecule has 2 aromatic heterocycles. The van der Waals surface area contributed by atoms with Gasteiger partial charge in [0.15, 0.2) is 0 Å². The van der Waals surface area contributed by atoms with Crippen LogP contribution in [0.25, 0.3) is 10.2 Å². The first kappa shape index (κ1) is 14.7. The van der Waals surface area contributed by atoms with Crippen molar-refractivity contribution in [1.29, 1.82) is 10.5 Å². The van der Waals surface area contributed by atoms with E-state index in [4.69, 9.17) is 5.26 Å². The molecule has 112 valence electrons. The van der Waals surface area contributed by atoms with Crippen molar-refractivity contribution in [3.63, 3.8) is 0 Å². The first-order valence-electron chi connectivity index (χ1n) is 7.51. The summed E-state index contributed by atoms with van der Waals surface area (Å²) in [5.74, 6) is -0.328. The fraction of sp³-hybridized carbons (Fsp3) is 0.500. The molecule has 0 amide bonds. The topological polar surface area (TPSA) is 82.5 Å². The average molecular weight is 312 g/mol. The maximum atomic E-state index is 12.7. The number of nitrogens with zero attached hydrogens (tertiary/aromatic N) is 4. The van der Waals surface area contributed by atoms with Crippen molar-refractivity contribution >= 4 is 21.6 Å². The van der Waals surface area contributed by atoms with Crippen molar-refractivity contribution in [2.45, 2.75) is 45.1 Å². The smallest absolute Gasteiger partial charge is 0.262 e. The van der Waals surface area contributed by atoms with Gasteiger partial charge in [-0.15, -0.1) is 11.3 Å². The molecule has 0 unspecified atom stereocenters. The summed E-state index contributed by atoms with van der Waals surface area (Å²) in [6.45, 7) is 0.310. The third-order valence-electron chi connectivity index (χ3n) is 4.15. The highest BCUT2D eigenvalue weighted by Gasteiger charge is 2.20. The molecule has 0 bridgehead atoms. The summed E-state index contributed by atoms with van der Waals surface area (Å²) < 4.78 is 1.54. The van der Waals surface area contributed by atoms with Crippen LogP contribution in [0.5, 0.6) is 0 Å². The van der Waals surface area contributed by atoms with Crippen LogP contribution in [-0.4, -0.2) is 9.55 Å². The summed E-state index contributed by atoms with van der Waals surface area (Å²) in [5.41, 5.74) is 1.13. The zero-order valence-electron chi connectivity index (χ0n) is 12.2. The number of thiophene rings is 1. The minimum atomic E-state index is -0.328. The van der Waals surface area contributed by atoms with Gasteiger partial charge in [-0.2, -0.15) is 10.5 Å². The van der Waals surface area contributed by atoms with Crippen molar-refractivity contribution in [1.82, 2.24) is 9.55 Å². The monoisotopic (exact) mass is 312 g/mol. The van der Waals surface area contributed by atoms with Gasteiger partial charge < -0.3 is 0 Å². The Morgan fingerprint density at radius 3 is 2.95 bits per heavy atom. The minimum absolute atomic E-state index is 0.0402. The molecule has 2 aromatic rings. The van der Waals surface area contributed by atoms with E-state index in [9.17, 15) is 10.1 Å². The van der Waals surface area contributed by atoms with Crippen molar-refractivity contribution in [2.24, 2.45) is 5.92 Å². The molecule has 5 nitrogen and oxygen atoms in total. The lowest BCUT2D eigenvalue weighted by atomic mass is 9.97. The molecule has 1 aliphatic rings. The summed E-state index contributed by atoms with van der Waals surface area (Å²) in [4.78, 5) is 19.3. The Hall–Kier alpha value is -2.18. The van der Waals surface area contributed by atoms with Gasteiger partial charge in [0.05, 0.1) is 29.8 Å². The number of nitriles is 2. The van der Waals surface area contributed by atoms with Crippen molar-refractivity contribution in [3.8, 4) is 12.1 Å². The average Bonchev–Trinajstić information content (AvgIpc) is 2.92. The van der Waals surface area contributed by atoms with Gasteiger partial charge in [-0.1, -0.05) is 0 Å². The number of fused-ring (bicyclic) bond motifs is 3. The first-order chi connectivity index (χ1) is 10.7. The second kappa shape index (κ2) is 6.29. The highest BCUT2D eigenvalue weighted by Crippen LogP contribution is 2.33. The number of hydrogen-bond acceptors (Lipinski definition) is 5. The molecular weight excluding hydrogens is 296 g/mol. The van der Waals surface area contributed by atoms with Crippen LogP contribution >= 0.6 is 11.3 Å². The normalized spacial score (nSPS) is 15.0. The van der Waals surface area contributed by atoms with Crippen molar-refractivity contribution in [3.05, 3.63) is 27.1 Å². The Balaban J connectivity index is 1.98.